The van der Waals surface area contributed by atoms with Crippen molar-refractivity contribution in [1.82, 2.24) is 0 Å². The van der Waals surface area contributed by atoms with Crippen molar-refractivity contribution in [2.75, 3.05) is 31.2 Å². The second kappa shape index (κ2) is 11.1. The van der Waals surface area contributed by atoms with E-state index in [-0.39, 0.29) is 17.9 Å². The van der Waals surface area contributed by atoms with Crippen LogP contribution in [0.5, 0.6) is 5.75 Å². The lowest BCUT2D eigenvalue weighted by Gasteiger charge is -2.29. The van der Waals surface area contributed by atoms with Gasteiger partial charge in [0.1, 0.15) is 18.2 Å². The minimum atomic E-state index is -4.55. The number of carboxylic acid groups (broad SMARTS) is 1. The molecule has 0 amide bonds. The first kappa shape index (κ1) is 26.7. The maximum atomic E-state index is 13.7. The minimum absolute atomic E-state index is 0.0525. The number of allylic oxidation sites excluding steroid dienone is 2. The maximum Gasteiger partial charge on any atom is 0.416 e. The van der Waals surface area contributed by atoms with E-state index in [0.29, 0.717) is 67.8 Å². The van der Waals surface area contributed by atoms with Gasteiger partial charge in [0, 0.05) is 24.3 Å². The van der Waals surface area contributed by atoms with Gasteiger partial charge in [-0.3, -0.25) is 0 Å². The SMILES string of the molecule is O=C(O)c1cc(C2=C(c3cc(C(F)(F)F)ccc3OCc3ccc(F)cc3)CCC2)cc(N2CCOCC2)c1. The molecule has 0 aromatic heterocycles. The zero-order chi connectivity index (χ0) is 27.6. The van der Waals surface area contributed by atoms with Crippen LogP contribution in [-0.2, 0) is 17.5 Å². The normalized spacial score (nSPS) is 16.1. The smallest absolute Gasteiger partial charge is 0.416 e. The number of alkyl halides is 3. The molecule has 2 aliphatic rings. The summed E-state index contributed by atoms with van der Waals surface area (Å²) in [7, 11) is 0. The van der Waals surface area contributed by atoms with Crippen molar-refractivity contribution in [3.63, 3.8) is 0 Å². The molecule has 1 N–H and O–H groups in total. The molecule has 0 radical (unpaired) electrons. The van der Waals surface area contributed by atoms with Crippen molar-refractivity contribution >= 4 is 22.8 Å². The van der Waals surface area contributed by atoms with Crippen molar-refractivity contribution in [1.29, 1.82) is 0 Å². The average Bonchev–Trinajstić information content (AvgIpc) is 3.42. The second-order valence-electron chi connectivity index (χ2n) is 9.61. The van der Waals surface area contributed by atoms with Gasteiger partial charge in [-0.1, -0.05) is 12.1 Å². The zero-order valence-corrected chi connectivity index (χ0v) is 21.1. The van der Waals surface area contributed by atoms with E-state index in [1.807, 2.05) is 6.07 Å². The summed E-state index contributed by atoms with van der Waals surface area (Å²) in [5, 5.41) is 9.80. The second-order valence-corrected chi connectivity index (χ2v) is 9.61. The highest BCUT2D eigenvalue weighted by atomic mass is 19.4. The topological polar surface area (TPSA) is 59.0 Å². The van der Waals surface area contributed by atoms with E-state index < -0.39 is 23.5 Å². The van der Waals surface area contributed by atoms with Gasteiger partial charge in [0.2, 0.25) is 0 Å². The van der Waals surface area contributed by atoms with Gasteiger partial charge in [0.25, 0.3) is 0 Å². The van der Waals surface area contributed by atoms with Crippen molar-refractivity contribution < 1.29 is 36.9 Å². The molecule has 0 atom stereocenters. The predicted octanol–water partition coefficient (Wildman–Crippen LogP) is 7.05. The molecule has 3 aromatic rings. The Hall–Kier alpha value is -3.85. The number of carbonyl (C=O) groups is 1. The van der Waals surface area contributed by atoms with Gasteiger partial charge in [-0.2, -0.15) is 13.2 Å². The molecule has 1 heterocycles. The summed E-state index contributed by atoms with van der Waals surface area (Å²) in [6.07, 6.45) is -2.72. The van der Waals surface area contributed by atoms with E-state index in [1.165, 1.54) is 18.2 Å². The number of carboxylic acids is 1. The summed E-state index contributed by atoms with van der Waals surface area (Å²) in [6, 6.07) is 14.2. The van der Waals surface area contributed by atoms with Gasteiger partial charge < -0.3 is 19.5 Å². The van der Waals surface area contributed by atoms with E-state index in [2.05, 4.69) is 4.90 Å². The van der Waals surface area contributed by atoms with E-state index >= 15 is 0 Å². The zero-order valence-electron chi connectivity index (χ0n) is 21.1. The van der Waals surface area contributed by atoms with E-state index in [4.69, 9.17) is 9.47 Å². The lowest BCUT2D eigenvalue weighted by atomic mass is 9.93. The standard InChI is InChI=1S/C30H27F4NO4/c31-23-7-4-19(5-8-23)18-39-28-9-6-22(30(32,33)34)17-27(28)26-3-1-2-25(26)20-14-21(29(36)37)16-24(15-20)35-10-12-38-13-11-35/h4-9,14-17H,1-3,10-13,18H2,(H,36,37). The quantitative estimate of drug-likeness (QED) is 0.325. The molecule has 0 spiro atoms. The molecule has 0 saturated carbocycles. The molecule has 1 aliphatic heterocycles. The maximum absolute atomic E-state index is 13.7. The van der Waals surface area contributed by atoms with Crippen LogP contribution in [0.15, 0.2) is 60.7 Å². The van der Waals surface area contributed by atoms with Crippen molar-refractivity contribution in [3.8, 4) is 5.75 Å². The Bertz CT molecular complexity index is 1390. The highest BCUT2D eigenvalue weighted by molar-refractivity contribution is 5.97. The van der Waals surface area contributed by atoms with Crippen molar-refractivity contribution in [2.24, 2.45) is 0 Å². The van der Waals surface area contributed by atoms with Crippen LogP contribution < -0.4 is 9.64 Å². The van der Waals surface area contributed by atoms with E-state index in [1.54, 1.807) is 24.3 Å². The van der Waals surface area contributed by atoms with E-state index in [0.717, 1.165) is 23.4 Å². The predicted molar refractivity (Wildman–Crippen MR) is 139 cm³/mol. The Morgan fingerprint density at radius 1 is 0.949 bits per heavy atom. The van der Waals surface area contributed by atoms with Crippen LogP contribution in [0.1, 0.15) is 51.9 Å². The molecular formula is C30H27F4NO4. The number of nitrogens with zero attached hydrogens (tertiary/aromatic N) is 1. The Morgan fingerprint density at radius 3 is 2.36 bits per heavy atom. The van der Waals surface area contributed by atoms with Crippen LogP contribution in [0.4, 0.5) is 23.2 Å². The summed E-state index contributed by atoms with van der Waals surface area (Å²) >= 11 is 0. The molecule has 0 unspecified atom stereocenters. The highest BCUT2D eigenvalue weighted by Gasteiger charge is 2.32. The number of morpholine rings is 1. The largest absolute Gasteiger partial charge is 0.488 e. The van der Waals surface area contributed by atoms with Crippen LogP contribution in [0.3, 0.4) is 0 Å². The number of aromatic carboxylic acids is 1. The molecular weight excluding hydrogens is 514 g/mol. The third kappa shape index (κ3) is 6.09. The average molecular weight is 542 g/mol. The van der Waals surface area contributed by atoms with Gasteiger partial charge in [0.05, 0.1) is 24.3 Å². The molecule has 9 heteroatoms. The molecule has 204 valence electrons. The van der Waals surface area contributed by atoms with Gasteiger partial charge in [-0.05, 0) is 90.1 Å². The van der Waals surface area contributed by atoms with Gasteiger partial charge in [-0.25, -0.2) is 9.18 Å². The summed E-state index contributed by atoms with van der Waals surface area (Å²) < 4.78 is 65.9. The number of rotatable bonds is 7. The number of hydrogen-bond donors (Lipinski definition) is 1. The van der Waals surface area contributed by atoms with Crippen LogP contribution in [-0.4, -0.2) is 37.4 Å². The third-order valence-corrected chi connectivity index (χ3v) is 7.05. The fraction of sp³-hybridized carbons (Fsp3) is 0.300. The molecule has 39 heavy (non-hydrogen) atoms. The molecule has 5 rings (SSSR count). The van der Waals surface area contributed by atoms with Crippen molar-refractivity contribution in [2.45, 2.75) is 32.0 Å². The van der Waals surface area contributed by atoms with E-state index in [9.17, 15) is 27.5 Å². The summed E-state index contributed by atoms with van der Waals surface area (Å²) in [4.78, 5) is 14.0. The Kier molecular flexibility index (Phi) is 7.61. The summed E-state index contributed by atoms with van der Waals surface area (Å²) in [5.41, 5.74) is 3.24. The summed E-state index contributed by atoms with van der Waals surface area (Å²) in [6.45, 7) is 2.34. The van der Waals surface area contributed by atoms with Crippen LogP contribution in [0, 0.1) is 5.82 Å². The molecule has 1 aliphatic carbocycles. The first-order valence-corrected chi connectivity index (χ1v) is 12.7. The number of anilines is 1. The Morgan fingerprint density at radius 2 is 1.67 bits per heavy atom. The minimum Gasteiger partial charge on any atom is -0.488 e. The highest BCUT2D eigenvalue weighted by Crippen LogP contribution is 2.45. The van der Waals surface area contributed by atoms with Crippen molar-refractivity contribution in [3.05, 3.63) is 94.3 Å². The first-order valence-electron chi connectivity index (χ1n) is 12.7. The van der Waals surface area contributed by atoms with Gasteiger partial charge in [0.15, 0.2) is 0 Å². The molecule has 1 fully saturated rings. The monoisotopic (exact) mass is 541 g/mol. The van der Waals surface area contributed by atoms with Crippen LogP contribution in [0.25, 0.3) is 11.1 Å². The fourth-order valence-electron chi connectivity index (χ4n) is 5.08. The lowest BCUT2D eigenvalue weighted by molar-refractivity contribution is -0.137. The number of halogens is 4. The molecule has 1 saturated heterocycles. The first-order chi connectivity index (χ1) is 18.7. The number of ether oxygens (including phenoxy) is 2. The molecule has 5 nitrogen and oxygen atoms in total. The lowest BCUT2D eigenvalue weighted by Crippen LogP contribution is -2.36. The fourth-order valence-corrected chi connectivity index (χ4v) is 5.08. The Labute approximate surface area is 223 Å². The third-order valence-electron chi connectivity index (χ3n) is 7.05. The summed E-state index contributed by atoms with van der Waals surface area (Å²) in [5.74, 6) is -1.19. The molecule has 0 bridgehead atoms. The number of hydrogen-bond acceptors (Lipinski definition) is 4. The Balaban J connectivity index is 1.58. The molecule has 3 aromatic carbocycles. The van der Waals surface area contributed by atoms with Gasteiger partial charge >= 0.3 is 12.1 Å². The number of benzene rings is 3. The van der Waals surface area contributed by atoms with Gasteiger partial charge in [-0.15, -0.1) is 0 Å². The van der Waals surface area contributed by atoms with Crippen LogP contribution in [0.2, 0.25) is 0 Å². The van der Waals surface area contributed by atoms with Crippen LogP contribution >= 0.6 is 0 Å².